The van der Waals surface area contributed by atoms with Crippen LogP contribution >= 0.6 is 11.3 Å². The minimum atomic E-state index is -0.195. The fraction of sp³-hybridized carbons (Fsp3) is 0.353. The zero-order valence-electron chi connectivity index (χ0n) is 14.3. The molecule has 0 saturated heterocycles. The Bertz CT molecular complexity index is 723. The highest BCUT2D eigenvalue weighted by Gasteiger charge is 2.17. The summed E-state index contributed by atoms with van der Waals surface area (Å²) in [6.07, 6.45) is 0.212. The van der Waals surface area contributed by atoms with E-state index in [0.29, 0.717) is 15.7 Å². The first-order chi connectivity index (χ1) is 11.4. The number of thiazole rings is 1. The summed E-state index contributed by atoms with van der Waals surface area (Å²) in [6, 6.07) is 7.65. The molecule has 24 heavy (non-hydrogen) atoms. The third kappa shape index (κ3) is 4.79. The number of anilines is 1. The molecule has 0 aliphatic rings. The van der Waals surface area contributed by atoms with Gasteiger partial charge in [-0.15, -0.1) is 0 Å². The van der Waals surface area contributed by atoms with Crippen molar-refractivity contribution >= 4 is 28.3 Å². The number of benzene rings is 1. The maximum absolute atomic E-state index is 12.0. The molecule has 1 aromatic heterocycles. The van der Waals surface area contributed by atoms with Crippen LogP contribution in [-0.4, -0.2) is 42.4 Å². The van der Waals surface area contributed by atoms with Gasteiger partial charge in [0.2, 0.25) is 5.91 Å². The number of carbonyl (C=O) groups excluding carboxylic acids is 2. The summed E-state index contributed by atoms with van der Waals surface area (Å²) in [5.74, 6) is 0.422. The molecule has 1 aromatic carbocycles. The number of hydrogen-bond acceptors (Lipinski definition) is 5. The van der Waals surface area contributed by atoms with Crippen LogP contribution < -0.4 is 10.1 Å². The first kappa shape index (κ1) is 17.9. The van der Waals surface area contributed by atoms with Crippen molar-refractivity contribution < 1.29 is 14.3 Å². The number of aryl methyl sites for hydroxylation is 2. The number of aromatic nitrogens is 1. The van der Waals surface area contributed by atoms with Crippen molar-refractivity contribution in [3.05, 3.63) is 40.4 Å². The Hall–Kier alpha value is -2.41. The normalized spacial score (nSPS) is 10.3. The van der Waals surface area contributed by atoms with E-state index in [0.717, 1.165) is 11.3 Å². The van der Waals surface area contributed by atoms with Crippen LogP contribution in [-0.2, 0) is 4.79 Å². The molecule has 0 aliphatic carbocycles. The van der Waals surface area contributed by atoms with Crippen LogP contribution in [0.15, 0.2) is 24.3 Å². The summed E-state index contributed by atoms with van der Waals surface area (Å²) in [7, 11) is 3.37. The second-order valence-electron chi connectivity index (χ2n) is 5.59. The van der Waals surface area contributed by atoms with Gasteiger partial charge in [-0.2, -0.15) is 0 Å². The molecular formula is C17H21N3O3S. The lowest BCUT2D eigenvalue weighted by molar-refractivity contribution is -0.116. The van der Waals surface area contributed by atoms with Gasteiger partial charge in [0.1, 0.15) is 10.6 Å². The summed E-state index contributed by atoms with van der Waals surface area (Å²) in [6.45, 7) is 4.04. The molecule has 0 radical (unpaired) electrons. The summed E-state index contributed by atoms with van der Waals surface area (Å²) < 4.78 is 5.53. The lowest BCUT2D eigenvalue weighted by Gasteiger charge is -2.07. The van der Waals surface area contributed by atoms with Crippen molar-refractivity contribution in [1.29, 1.82) is 0 Å². The Morgan fingerprint density at radius 1 is 1.21 bits per heavy atom. The van der Waals surface area contributed by atoms with Crippen LogP contribution in [0.5, 0.6) is 5.75 Å². The van der Waals surface area contributed by atoms with Crippen LogP contribution in [0.1, 0.15) is 27.3 Å². The number of rotatable bonds is 6. The summed E-state index contributed by atoms with van der Waals surface area (Å²) in [4.78, 5) is 30.2. The van der Waals surface area contributed by atoms with Gasteiger partial charge < -0.3 is 15.0 Å². The Kier molecular flexibility index (Phi) is 5.92. The molecule has 1 heterocycles. The van der Waals surface area contributed by atoms with Crippen molar-refractivity contribution in [3.8, 4) is 5.75 Å². The zero-order chi connectivity index (χ0) is 17.7. The van der Waals surface area contributed by atoms with Gasteiger partial charge in [0.15, 0.2) is 5.13 Å². The number of carbonyl (C=O) groups is 2. The molecule has 6 nitrogen and oxygen atoms in total. The Balaban J connectivity index is 1.85. The lowest BCUT2D eigenvalue weighted by atomic mass is 10.2. The molecule has 0 fully saturated rings. The quantitative estimate of drug-likeness (QED) is 0.872. The second-order valence-corrected chi connectivity index (χ2v) is 6.59. The molecule has 0 unspecified atom stereocenters. The topological polar surface area (TPSA) is 71.5 Å². The van der Waals surface area contributed by atoms with Crippen LogP contribution in [0.25, 0.3) is 0 Å². The zero-order valence-corrected chi connectivity index (χ0v) is 15.1. The molecule has 1 N–H and O–H groups in total. The molecule has 0 spiro atoms. The van der Waals surface area contributed by atoms with Gasteiger partial charge in [0.25, 0.3) is 5.91 Å². The average molecular weight is 347 g/mol. The number of amides is 2. The highest BCUT2D eigenvalue weighted by atomic mass is 32.1. The SMILES string of the molecule is Cc1ccc(OCCC(=O)Nc2nc(C)c(C(=O)N(C)C)s2)cc1. The Morgan fingerprint density at radius 2 is 1.88 bits per heavy atom. The monoisotopic (exact) mass is 347 g/mol. The van der Waals surface area contributed by atoms with Gasteiger partial charge >= 0.3 is 0 Å². The smallest absolute Gasteiger partial charge is 0.265 e. The van der Waals surface area contributed by atoms with Crippen LogP contribution in [0, 0.1) is 13.8 Å². The fourth-order valence-electron chi connectivity index (χ4n) is 1.93. The first-order valence-corrected chi connectivity index (χ1v) is 8.37. The van der Waals surface area contributed by atoms with Gasteiger partial charge in [-0.1, -0.05) is 29.0 Å². The van der Waals surface area contributed by atoms with Gasteiger partial charge in [0.05, 0.1) is 18.7 Å². The summed E-state index contributed by atoms with van der Waals surface area (Å²) in [5.41, 5.74) is 1.77. The second kappa shape index (κ2) is 7.92. The third-order valence-electron chi connectivity index (χ3n) is 3.26. The average Bonchev–Trinajstić information content (AvgIpc) is 2.88. The van der Waals surface area contributed by atoms with Crippen molar-refractivity contribution in [1.82, 2.24) is 9.88 Å². The van der Waals surface area contributed by atoms with E-state index in [1.807, 2.05) is 31.2 Å². The van der Waals surface area contributed by atoms with Crippen molar-refractivity contribution in [2.45, 2.75) is 20.3 Å². The summed E-state index contributed by atoms with van der Waals surface area (Å²) >= 11 is 1.18. The Labute approximate surface area is 145 Å². The predicted molar refractivity (Wildman–Crippen MR) is 94.8 cm³/mol. The maximum atomic E-state index is 12.0. The van der Waals surface area contributed by atoms with E-state index in [4.69, 9.17) is 4.74 Å². The molecule has 0 atom stereocenters. The van der Waals surface area contributed by atoms with Crippen LogP contribution in [0.3, 0.4) is 0 Å². The van der Waals surface area contributed by atoms with E-state index >= 15 is 0 Å². The van der Waals surface area contributed by atoms with Crippen LogP contribution in [0.2, 0.25) is 0 Å². The molecule has 2 rings (SSSR count). The largest absolute Gasteiger partial charge is 0.493 e. The molecule has 128 valence electrons. The molecule has 0 bridgehead atoms. The molecule has 0 saturated carbocycles. The highest BCUT2D eigenvalue weighted by Crippen LogP contribution is 2.23. The number of nitrogens with one attached hydrogen (secondary N) is 1. The maximum Gasteiger partial charge on any atom is 0.265 e. The summed E-state index contributed by atoms with van der Waals surface area (Å²) in [5, 5.41) is 3.14. The first-order valence-electron chi connectivity index (χ1n) is 7.55. The molecule has 2 aromatic rings. The molecule has 2 amide bonds. The van der Waals surface area contributed by atoms with Crippen LogP contribution in [0.4, 0.5) is 5.13 Å². The molecule has 0 aliphatic heterocycles. The van der Waals surface area contributed by atoms with E-state index in [-0.39, 0.29) is 24.8 Å². The lowest BCUT2D eigenvalue weighted by Crippen LogP contribution is -2.21. The molecule has 7 heteroatoms. The van der Waals surface area contributed by atoms with Gasteiger partial charge in [0, 0.05) is 14.1 Å². The van der Waals surface area contributed by atoms with E-state index in [9.17, 15) is 9.59 Å². The predicted octanol–water partition coefficient (Wildman–Crippen LogP) is 2.87. The minimum absolute atomic E-state index is 0.117. The number of hydrogen-bond donors (Lipinski definition) is 1. The number of nitrogens with zero attached hydrogens (tertiary/aromatic N) is 2. The highest BCUT2D eigenvalue weighted by molar-refractivity contribution is 7.17. The van der Waals surface area contributed by atoms with E-state index in [1.165, 1.54) is 16.2 Å². The molecular weight excluding hydrogens is 326 g/mol. The fourth-order valence-corrected chi connectivity index (χ4v) is 2.93. The van der Waals surface area contributed by atoms with E-state index in [2.05, 4.69) is 10.3 Å². The van der Waals surface area contributed by atoms with Gasteiger partial charge in [-0.05, 0) is 26.0 Å². The standard InChI is InChI=1S/C17H21N3O3S/c1-11-5-7-13(8-6-11)23-10-9-14(21)19-17-18-12(2)15(24-17)16(22)20(3)4/h5-8H,9-10H2,1-4H3,(H,18,19,21). The van der Waals surface area contributed by atoms with Crippen molar-refractivity contribution in [2.24, 2.45) is 0 Å². The number of ether oxygens (including phenoxy) is 1. The minimum Gasteiger partial charge on any atom is -0.493 e. The van der Waals surface area contributed by atoms with E-state index < -0.39 is 0 Å². The van der Waals surface area contributed by atoms with Gasteiger partial charge in [-0.25, -0.2) is 4.98 Å². The van der Waals surface area contributed by atoms with E-state index in [1.54, 1.807) is 21.0 Å². The third-order valence-corrected chi connectivity index (χ3v) is 4.32. The van der Waals surface area contributed by atoms with Crippen molar-refractivity contribution in [2.75, 3.05) is 26.0 Å². The van der Waals surface area contributed by atoms with Gasteiger partial charge in [-0.3, -0.25) is 9.59 Å². The van der Waals surface area contributed by atoms with Crippen molar-refractivity contribution in [3.63, 3.8) is 0 Å². The Morgan fingerprint density at radius 3 is 2.50 bits per heavy atom.